The third-order valence-corrected chi connectivity index (χ3v) is 2.91. The number of hydrogen-bond acceptors (Lipinski definition) is 2. The lowest BCUT2D eigenvalue weighted by Crippen LogP contribution is -2.47. The fourth-order valence-corrected chi connectivity index (χ4v) is 1.80. The Morgan fingerprint density at radius 2 is 1.86 bits per heavy atom. The van der Waals surface area contributed by atoms with E-state index in [0.29, 0.717) is 5.41 Å². The SMILES string of the molecule is CCCCCCCNCC1(C)COC1. The van der Waals surface area contributed by atoms with Gasteiger partial charge in [-0.2, -0.15) is 0 Å². The standard InChI is InChI=1S/C12H25NO/c1-3-4-5-6-7-8-13-9-12(2)10-14-11-12/h13H,3-11H2,1-2H3. The van der Waals surface area contributed by atoms with Gasteiger partial charge in [0.1, 0.15) is 0 Å². The molecule has 2 nitrogen and oxygen atoms in total. The molecule has 2 heteroatoms. The maximum Gasteiger partial charge on any atom is 0.0554 e. The van der Waals surface area contributed by atoms with Crippen LogP contribution in [0.2, 0.25) is 0 Å². The second-order valence-electron chi connectivity index (χ2n) is 4.89. The van der Waals surface area contributed by atoms with E-state index in [2.05, 4.69) is 19.2 Å². The molecule has 1 fully saturated rings. The highest BCUT2D eigenvalue weighted by Gasteiger charge is 2.32. The molecule has 14 heavy (non-hydrogen) atoms. The van der Waals surface area contributed by atoms with Gasteiger partial charge in [0.25, 0.3) is 0 Å². The predicted molar refractivity (Wildman–Crippen MR) is 60.6 cm³/mol. The first-order chi connectivity index (χ1) is 6.77. The van der Waals surface area contributed by atoms with Crippen LogP contribution in [0.25, 0.3) is 0 Å². The molecule has 1 saturated heterocycles. The molecule has 84 valence electrons. The number of nitrogens with one attached hydrogen (secondary N) is 1. The molecule has 1 heterocycles. The summed E-state index contributed by atoms with van der Waals surface area (Å²) in [5.41, 5.74) is 0.434. The summed E-state index contributed by atoms with van der Waals surface area (Å²) in [7, 11) is 0. The van der Waals surface area contributed by atoms with E-state index in [1.807, 2.05) is 0 Å². The van der Waals surface area contributed by atoms with Crippen molar-refractivity contribution in [2.24, 2.45) is 5.41 Å². The van der Waals surface area contributed by atoms with Crippen LogP contribution in [-0.4, -0.2) is 26.3 Å². The molecule has 0 saturated carbocycles. The molecule has 0 aromatic heterocycles. The Labute approximate surface area is 88.4 Å². The summed E-state index contributed by atoms with van der Waals surface area (Å²) in [5, 5.41) is 3.52. The van der Waals surface area contributed by atoms with Crippen molar-refractivity contribution in [3.05, 3.63) is 0 Å². The topological polar surface area (TPSA) is 21.3 Å². The summed E-state index contributed by atoms with van der Waals surface area (Å²) in [6.07, 6.45) is 6.85. The molecule has 0 aromatic carbocycles. The van der Waals surface area contributed by atoms with E-state index in [4.69, 9.17) is 4.74 Å². The zero-order valence-electron chi connectivity index (χ0n) is 9.77. The number of ether oxygens (including phenoxy) is 1. The van der Waals surface area contributed by atoms with Crippen molar-refractivity contribution in [2.75, 3.05) is 26.3 Å². The van der Waals surface area contributed by atoms with E-state index < -0.39 is 0 Å². The quantitative estimate of drug-likeness (QED) is 0.607. The van der Waals surface area contributed by atoms with E-state index >= 15 is 0 Å². The second kappa shape index (κ2) is 6.41. The highest BCUT2D eigenvalue weighted by atomic mass is 16.5. The number of hydrogen-bond donors (Lipinski definition) is 1. The van der Waals surface area contributed by atoms with Crippen molar-refractivity contribution in [3.8, 4) is 0 Å². The third kappa shape index (κ3) is 4.43. The predicted octanol–water partition coefficient (Wildman–Crippen LogP) is 2.58. The fourth-order valence-electron chi connectivity index (χ4n) is 1.80. The van der Waals surface area contributed by atoms with Crippen LogP contribution in [0.15, 0.2) is 0 Å². The lowest BCUT2D eigenvalue weighted by molar-refractivity contribution is -0.0989. The lowest BCUT2D eigenvalue weighted by Gasteiger charge is -2.38. The number of unbranched alkanes of at least 4 members (excludes halogenated alkanes) is 4. The highest BCUT2D eigenvalue weighted by Crippen LogP contribution is 2.24. The van der Waals surface area contributed by atoms with Crippen LogP contribution in [0.1, 0.15) is 46.0 Å². The Balaban J connectivity index is 1.80. The summed E-state index contributed by atoms with van der Waals surface area (Å²) in [6.45, 7) is 8.74. The van der Waals surface area contributed by atoms with E-state index in [9.17, 15) is 0 Å². The molecule has 1 aliphatic heterocycles. The van der Waals surface area contributed by atoms with Crippen LogP contribution >= 0.6 is 0 Å². The van der Waals surface area contributed by atoms with Gasteiger partial charge < -0.3 is 10.1 Å². The van der Waals surface area contributed by atoms with Crippen molar-refractivity contribution >= 4 is 0 Å². The zero-order valence-corrected chi connectivity index (χ0v) is 9.77. The monoisotopic (exact) mass is 199 g/mol. The minimum atomic E-state index is 0.434. The van der Waals surface area contributed by atoms with Crippen LogP contribution in [-0.2, 0) is 4.74 Å². The average molecular weight is 199 g/mol. The van der Waals surface area contributed by atoms with Gasteiger partial charge in [-0.1, -0.05) is 39.5 Å². The minimum absolute atomic E-state index is 0.434. The number of rotatable bonds is 8. The summed E-state index contributed by atoms with van der Waals surface area (Å²) < 4.78 is 5.21. The molecule has 0 spiro atoms. The Kier molecular flexibility index (Phi) is 5.49. The smallest absolute Gasteiger partial charge is 0.0554 e. The molecule has 0 aromatic rings. The van der Waals surface area contributed by atoms with Gasteiger partial charge in [-0.3, -0.25) is 0 Å². The first-order valence-electron chi connectivity index (χ1n) is 6.05. The largest absolute Gasteiger partial charge is 0.380 e. The van der Waals surface area contributed by atoms with Crippen molar-refractivity contribution in [3.63, 3.8) is 0 Å². The Bertz CT molecular complexity index is 143. The van der Waals surface area contributed by atoms with Gasteiger partial charge in [-0.15, -0.1) is 0 Å². The van der Waals surface area contributed by atoms with Crippen molar-refractivity contribution in [1.29, 1.82) is 0 Å². The molecule has 0 amide bonds. The van der Waals surface area contributed by atoms with Gasteiger partial charge in [0.05, 0.1) is 13.2 Å². The first-order valence-corrected chi connectivity index (χ1v) is 6.05. The van der Waals surface area contributed by atoms with Crippen molar-refractivity contribution in [2.45, 2.75) is 46.0 Å². The minimum Gasteiger partial charge on any atom is -0.380 e. The zero-order chi connectivity index (χ0) is 10.3. The molecular weight excluding hydrogens is 174 g/mol. The summed E-state index contributed by atoms with van der Waals surface area (Å²) in [6, 6.07) is 0. The van der Waals surface area contributed by atoms with Crippen LogP contribution in [0, 0.1) is 5.41 Å². The van der Waals surface area contributed by atoms with Gasteiger partial charge in [0.2, 0.25) is 0 Å². The molecule has 0 unspecified atom stereocenters. The fraction of sp³-hybridized carbons (Fsp3) is 1.00. The Morgan fingerprint density at radius 1 is 1.14 bits per heavy atom. The van der Waals surface area contributed by atoms with Crippen LogP contribution in [0.5, 0.6) is 0 Å². The van der Waals surface area contributed by atoms with E-state index in [1.54, 1.807) is 0 Å². The van der Waals surface area contributed by atoms with E-state index in [-0.39, 0.29) is 0 Å². The van der Waals surface area contributed by atoms with Gasteiger partial charge >= 0.3 is 0 Å². The van der Waals surface area contributed by atoms with Gasteiger partial charge in [0.15, 0.2) is 0 Å². The maximum absolute atomic E-state index is 5.21. The average Bonchev–Trinajstić information content (AvgIpc) is 2.14. The Hall–Kier alpha value is -0.0800. The highest BCUT2D eigenvalue weighted by molar-refractivity contribution is 4.82. The third-order valence-electron chi connectivity index (χ3n) is 2.91. The molecule has 1 aliphatic rings. The van der Waals surface area contributed by atoms with Gasteiger partial charge in [0, 0.05) is 12.0 Å². The molecular formula is C12H25NO. The summed E-state index contributed by atoms with van der Waals surface area (Å²) in [4.78, 5) is 0. The van der Waals surface area contributed by atoms with E-state index in [0.717, 1.165) is 19.8 Å². The van der Waals surface area contributed by atoms with Crippen LogP contribution in [0.4, 0.5) is 0 Å². The molecule has 1 rings (SSSR count). The lowest BCUT2D eigenvalue weighted by atomic mass is 9.89. The van der Waals surface area contributed by atoms with Crippen LogP contribution < -0.4 is 5.32 Å². The molecule has 0 bridgehead atoms. The second-order valence-corrected chi connectivity index (χ2v) is 4.89. The maximum atomic E-state index is 5.21. The van der Waals surface area contributed by atoms with Crippen molar-refractivity contribution in [1.82, 2.24) is 5.32 Å². The molecule has 0 aliphatic carbocycles. The van der Waals surface area contributed by atoms with Crippen LogP contribution in [0.3, 0.4) is 0 Å². The summed E-state index contributed by atoms with van der Waals surface area (Å²) >= 11 is 0. The Morgan fingerprint density at radius 3 is 2.43 bits per heavy atom. The summed E-state index contributed by atoms with van der Waals surface area (Å²) in [5.74, 6) is 0. The first kappa shape index (κ1) is 12.0. The molecule has 0 radical (unpaired) electrons. The van der Waals surface area contributed by atoms with Crippen molar-refractivity contribution < 1.29 is 4.74 Å². The van der Waals surface area contributed by atoms with E-state index in [1.165, 1.54) is 38.6 Å². The van der Waals surface area contributed by atoms with Gasteiger partial charge in [-0.05, 0) is 13.0 Å². The molecule has 1 N–H and O–H groups in total. The molecule has 0 atom stereocenters. The van der Waals surface area contributed by atoms with Gasteiger partial charge in [-0.25, -0.2) is 0 Å². The normalized spacial score (nSPS) is 19.3.